The molecule has 3 rings (SSSR count). The average Bonchev–Trinajstić information content (AvgIpc) is 2.82. The highest BCUT2D eigenvalue weighted by molar-refractivity contribution is 7.92. The summed E-state index contributed by atoms with van der Waals surface area (Å²) in [6.07, 6.45) is 0. The third-order valence-electron chi connectivity index (χ3n) is 5.12. The highest BCUT2D eigenvalue weighted by atomic mass is 32.2. The zero-order valence-electron chi connectivity index (χ0n) is 19.3. The molecule has 1 aliphatic rings. The summed E-state index contributed by atoms with van der Waals surface area (Å²) in [4.78, 5) is 14.8. The lowest BCUT2D eigenvalue weighted by Crippen LogP contribution is -2.43. The average molecular weight is 463 g/mol. The second kappa shape index (κ2) is 8.90. The van der Waals surface area contributed by atoms with Gasteiger partial charge in [0, 0.05) is 18.7 Å². The molecule has 9 heteroatoms. The number of carbonyl (C=O) groups excluding carboxylic acids is 1. The normalized spacial score (nSPS) is 15.6. The number of amides is 1. The molecule has 32 heavy (non-hydrogen) atoms. The number of nitrogens with one attached hydrogen (secondary N) is 1. The predicted molar refractivity (Wildman–Crippen MR) is 123 cm³/mol. The third kappa shape index (κ3) is 4.77. The molecule has 0 saturated carbocycles. The van der Waals surface area contributed by atoms with Crippen molar-refractivity contribution >= 4 is 27.3 Å². The van der Waals surface area contributed by atoms with Crippen molar-refractivity contribution in [1.29, 1.82) is 0 Å². The second-order valence-electron chi connectivity index (χ2n) is 8.79. The van der Waals surface area contributed by atoms with Gasteiger partial charge in [0.05, 0.1) is 31.0 Å². The van der Waals surface area contributed by atoms with Crippen LogP contribution >= 0.6 is 0 Å². The van der Waals surface area contributed by atoms with E-state index in [1.807, 2.05) is 27.7 Å². The Morgan fingerprint density at radius 2 is 1.84 bits per heavy atom. The van der Waals surface area contributed by atoms with Crippen molar-refractivity contribution in [1.82, 2.24) is 0 Å². The van der Waals surface area contributed by atoms with Crippen molar-refractivity contribution < 1.29 is 27.4 Å². The third-order valence-corrected chi connectivity index (χ3v) is 6.54. The van der Waals surface area contributed by atoms with E-state index in [1.165, 1.54) is 26.4 Å². The van der Waals surface area contributed by atoms with Crippen LogP contribution in [-0.2, 0) is 14.8 Å². The van der Waals surface area contributed by atoms with Gasteiger partial charge < -0.3 is 19.1 Å². The first-order valence-corrected chi connectivity index (χ1v) is 11.8. The van der Waals surface area contributed by atoms with Gasteiger partial charge in [-0.1, -0.05) is 13.8 Å². The van der Waals surface area contributed by atoms with E-state index in [9.17, 15) is 13.2 Å². The number of ether oxygens (including phenoxy) is 3. The second-order valence-corrected chi connectivity index (χ2v) is 10.4. The van der Waals surface area contributed by atoms with Crippen molar-refractivity contribution in [3.8, 4) is 17.2 Å². The summed E-state index contributed by atoms with van der Waals surface area (Å²) in [6.45, 7) is 8.48. The summed E-state index contributed by atoms with van der Waals surface area (Å²) < 4.78 is 45.0. The van der Waals surface area contributed by atoms with Crippen LogP contribution in [0.4, 0.5) is 11.4 Å². The molecule has 0 atom stereocenters. The van der Waals surface area contributed by atoms with Gasteiger partial charge in [-0.15, -0.1) is 0 Å². The maximum absolute atomic E-state index is 13.1. The van der Waals surface area contributed by atoms with Gasteiger partial charge in [-0.25, -0.2) is 8.42 Å². The minimum absolute atomic E-state index is 0.0191. The van der Waals surface area contributed by atoms with Crippen molar-refractivity contribution in [3.63, 3.8) is 0 Å². The molecule has 1 heterocycles. The van der Waals surface area contributed by atoms with Crippen LogP contribution in [0.3, 0.4) is 0 Å². The fourth-order valence-corrected chi connectivity index (χ4v) is 4.67. The Kier molecular flexibility index (Phi) is 6.59. The Balaban J connectivity index is 1.97. The number of hydrogen-bond acceptors (Lipinski definition) is 6. The molecule has 0 fully saturated rings. The van der Waals surface area contributed by atoms with Gasteiger partial charge in [-0.2, -0.15) is 0 Å². The molecule has 1 amide bonds. The van der Waals surface area contributed by atoms with E-state index in [2.05, 4.69) is 4.72 Å². The summed E-state index contributed by atoms with van der Waals surface area (Å²) in [6, 6.07) is 9.41. The molecule has 0 spiro atoms. The maximum Gasteiger partial charge on any atom is 0.265 e. The van der Waals surface area contributed by atoms with Crippen LogP contribution in [0.25, 0.3) is 0 Å². The van der Waals surface area contributed by atoms with Crippen LogP contribution < -0.4 is 23.8 Å². The quantitative estimate of drug-likeness (QED) is 0.670. The molecule has 0 aromatic heterocycles. The molecule has 0 aliphatic carbocycles. The van der Waals surface area contributed by atoms with E-state index in [0.29, 0.717) is 29.4 Å². The number of nitrogens with zero attached hydrogens (tertiary/aromatic N) is 1. The number of carbonyl (C=O) groups is 1. The first-order chi connectivity index (χ1) is 15.0. The lowest BCUT2D eigenvalue weighted by molar-refractivity contribution is -0.127. The summed E-state index contributed by atoms with van der Waals surface area (Å²) in [5.74, 6) is 1.32. The number of sulfonamides is 1. The van der Waals surface area contributed by atoms with Gasteiger partial charge in [0.25, 0.3) is 10.0 Å². The number of benzene rings is 2. The van der Waals surface area contributed by atoms with Gasteiger partial charge in [0.1, 0.15) is 28.8 Å². The fourth-order valence-electron chi connectivity index (χ4n) is 3.46. The van der Waals surface area contributed by atoms with Crippen LogP contribution in [0.1, 0.15) is 27.7 Å². The first-order valence-electron chi connectivity index (χ1n) is 10.3. The molecule has 0 unspecified atom stereocenters. The van der Waals surface area contributed by atoms with Crippen LogP contribution in [-0.4, -0.2) is 41.7 Å². The van der Waals surface area contributed by atoms with Crippen molar-refractivity contribution in [2.24, 2.45) is 11.3 Å². The van der Waals surface area contributed by atoms with E-state index >= 15 is 0 Å². The van der Waals surface area contributed by atoms with Crippen molar-refractivity contribution in [3.05, 3.63) is 36.4 Å². The monoisotopic (exact) mass is 462 g/mol. The van der Waals surface area contributed by atoms with Crippen LogP contribution in [0, 0.1) is 11.3 Å². The molecule has 0 bridgehead atoms. The van der Waals surface area contributed by atoms with Gasteiger partial charge in [-0.05, 0) is 44.0 Å². The Morgan fingerprint density at radius 1 is 1.12 bits per heavy atom. The molecule has 0 saturated heterocycles. The minimum atomic E-state index is -3.95. The molecule has 2 aromatic carbocycles. The highest BCUT2D eigenvalue weighted by Gasteiger charge is 2.38. The van der Waals surface area contributed by atoms with Crippen molar-refractivity contribution in [2.45, 2.75) is 32.6 Å². The zero-order chi connectivity index (χ0) is 23.7. The SMILES string of the molecule is COc1ccc(S(=O)(=O)Nc2ccc3c(c2)OCC(C)(C)C(=O)N3CC(C)C)c(OC)c1. The number of rotatable bonds is 7. The Bertz CT molecular complexity index is 1110. The molecule has 1 aliphatic heterocycles. The van der Waals surface area contributed by atoms with E-state index in [-0.39, 0.29) is 29.1 Å². The van der Waals surface area contributed by atoms with Gasteiger partial charge in [-0.3, -0.25) is 9.52 Å². The lowest BCUT2D eigenvalue weighted by atomic mass is 9.92. The molecule has 8 nitrogen and oxygen atoms in total. The van der Waals surface area contributed by atoms with E-state index in [1.54, 1.807) is 29.2 Å². The Morgan fingerprint density at radius 3 is 2.47 bits per heavy atom. The maximum atomic E-state index is 13.1. The number of fused-ring (bicyclic) bond motifs is 1. The molecule has 0 radical (unpaired) electrons. The summed E-state index contributed by atoms with van der Waals surface area (Å²) in [5.41, 5.74) is 0.238. The standard InChI is InChI=1S/C23H30N2O6S/c1-15(2)13-25-18-9-7-16(11-19(18)31-14-23(3,4)22(25)26)24-32(27,28)21-10-8-17(29-5)12-20(21)30-6/h7-12,15,24H,13-14H2,1-6H3. The Hall–Kier alpha value is -2.94. The van der Waals surface area contributed by atoms with Crippen LogP contribution in [0.2, 0.25) is 0 Å². The summed E-state index contributed by atoms with van der Waals surface area (Å²) in [5, 5.41) is 0. The fraction of sp³-hybridized carbons (Fsp3) is 0.435. The highest BCUT2D eigenvalue weighted by Crippen LogP contribution is 2.39. The predicted octanol–water partition coefficient (Wildman–Crippen LogP) is 3.91. The minimum Gasteiger partial charge on any atom is -0.497 e. The van der Waals surface area contributed by atoms with E-state index in [4.69, 9.17) is 14.2 Å². The largest absolute Gasteiger partial charge is 0.497 e. The molecular formula is C23H30N2O6S. The van der Waals surface area contributed by atoms with Crippen LogP contribution in [0.15, 0.2) is 41.3 Å². The molecule has 2 aromatic rings. The molecular weight excluding hydrogens is 432 g/mol. The Labute approximate surface area is 189 Å². The lowest BCUT2D eigenvalue weighted by Gasteiger charge is -2.29. The topological polar surface area (TPSA) is 94.2 Å². The number of anilines is 2. The number of hydrogen-bond donors (Lipinski definition) is 1. The van der Waals surface area contributed by atoms with E-state index < -0.39 is 15.4 Å². The van der Waals surface area contributed by atoms with Gasteiger partial charge in [0.15, 0.2) is 0 Å². The zero-order valence-corrected chi connectivity index (χ0v) is 20.1. The van der Waals surface area contributed by atoms with Gasteiger partial charge in [0.2, 0.25) is 5.91 Å². The molecule has 1 N–H and O–H groups in total. The number of methoxy groups -OCH3 is 2. The summed E-state index contributed by atoms with van der Waals surface area (Å²) >= 11 is 0. The van der Waals surface area contributed by atoms with Crippen LogP contribution in [0.5, 0.6) is 17.2 Å². The first kappa shape index (κ1) is 23.7. The molecule has 174 valence electrons. The summed E-state index contributed by atoms with van der Waals surface area (Å²) in [7, 11) is -1.06. The smallest absolute Gasteiger partial charge is 0.265 e. The van der Waals surface area contributed by atoms with Gasteiger partial charge >= 0.3 is 0 Å². The van der Waals surface area contributed by atoms with E-state index in [0.717, 1.165) is 0 Å². The van der Waals surface area contributed by atoms with Crippen molar-refractivity contribution in [2.75, 3.05) is 37.0 Å².